The van der Waals surface area contributed by atoms with Crippen molar-refractivity contribution < 1.29 is 19.1 Å². The molecular weight excluding hydrogens is 320 g/mol. The van der Waals surface area contributed by atoms with Crippen LogP contribution in [0.5, 0.6) is 0 Å². The minimum absolute atomic E-state index is 0.171. The van der Waals surface area contributed by atoms with Gasteiger partial charge < -0.3 is 15.4 Å². The molecule has 2 aromatic carbocycles. The molecule has 0 fully saturated rings. The summed E-state index contributed by atoms with van der Waals surface area (Å²) >= 11 is 0. The molecule has 0 saturated carbocycles. The van der Waals surface area contributed by atoms with Crippen LogP contribution >= 0.6 is 0 Å². The quantitative estimate of drug-likeness (QED) is 0.792. The summed E-state index contributed by atoms with van der Waals surface area (Å²) in [5, 5.41) is 5.25. The van der Waals surface area contributed by atoms with E-state index in [9.17, 15) is 14.4 Å². The number of nitrogens with one attached hydrogen (secondary N) is 2. The SMILES string of the molecule is CCc1ccc(C(=O)OCC(=O)Nc2ccc(NC(C)=O)cc2)cc1. The zero-order valence-electron chi connectivity index (χ0n) is 14.2. The zero-order chi connectivity index (χ0) is 18.2. The Labute approximate surface area is 146 Å². The van der Waals surface area contributed by atoms with Crippen molar-refractivity contribution >= 4 is 29.2 Å². The van der Waals surface area contributed by atoms with Crippen LogP contribution in [0.15, 0.2) is 48.5 Å². The number of hydrogen-bond donors (Lipinski definition) is 2. The highest BCUT2D eigenvalue weighted by atomic mass is 16.5. The van der Waals surface area contributed by atoms with Crippen molar-refractivity contribution in [2.24, 2.45) is 0 Å². The Kier molecular flexibility index (Phi) is 6.28. The van der Waals surface area contributed by atoms with Crippen LogP contribution in [0.4, 0.5) is 11.4 Å². The van der Waals surface area contributed by atoms with Gasteiger partial charge in [-0.25, -0.2) is 4.79 Å². The van der Waals surface area contributed by atoms with Crippen LogP contribution in [0.3, 0.4) is 0 Å². The predicted octanol–water partition coefficient (Wildman–Crippen LogP) is 3.00. The Hall–Kier alpha value is -3.15. The Morgan fingerprint density at radius 2 is 1.44 bits per heavy atom. The maximum absolute atomic E-state index is 11.9. The number of aryl methyl sites for hydroxylation is 1. The Bertz CT molecular complexity index is 752. The number of esters is 1. The van der Waals surface area contributed by atoms with Gasteiger partial charge in [-0.1, -0.05) is 19.1 Å². The minimum Gasteiger partial charge on any atom is -0.452 e. The van der Waals surface area contributed by atoms with Gasteiger partial charge in [0, 0.05) is 18.3 Å². The molecule has 130 valence electrons. The molecule has 6 nitrogen and oxygen atoms in total. The molecule has 0 bridgehead atoms. The molecule has 2 rings (SSSR count). The van der Waals surface area contributed by atoms with Gasteiger partial charge in [0.15, 0.2) is 6.61 Å². The number of amides is 2. The van der Waals surface area contributed by atoms with Crippen molar-refractivity contribution in [1.29, 1.82) is 0 Å². The van der Waals surface area contributed by atoms with Crippen molar-refractivity contribution in [3.63, 3.8) is 0 Å². The van der Waals surface area contributed by atoms with Gasteiger partial charge in [-0.3, -0.25) is 9.59 Å². The van der Waals surface area contributed by atoms with E-state index < -0.39 is 11.9 Å². The lowest BCUT2D eigenvalue weighted by Crippen LogP contribution is -2.21. The van der Waals surface area contributed by atoms with Gasteiger partial charge in [0.1, 0.15) is 0 Å². The number of benzene rings is 2. The number of rotatable bonds is 6. The summed E-state index contributed by atoms with van der Waals surface area (Å²) in [5.74, 6) is -1.15. The van der Waals surface area contributed by atoms with Gasteiger partial charge in [-0.2, -0.15) is 0 Å². The van der Waals surface area contributed by atoms with Crippen LogP contribution in [-0.2, 0) is 20.7 Å². The summed E-state index contributed by atoms with van der Waals surface area (Å²) < 4.78 is 5.00. The minimum atomic E-state index is -0.543. The van der Waals surface area contributed by atoms with Crippen LogP contribution < -0.4 is 10.6 Å². The van der Waals surface area contributed by atoms with Gasteiger partial charge in [0.2, 0.25) is 5.91 Å². The first kappa shape index (κ1) is 18.2. The van der Waals surface area contributed by atoms with E-state index in [2.05, 4.69) is 10.6 Å². The lowest BCUT2D eigenvalue weighted by molar-refractivity contribution is -0.119. The summed E-state index contributed by atoms with van der Waals surface area (Å²) in [7, 11) is 0. The third-order valence-electron chi connectivity index (χ3n) is 3.42. The van der Waals surface area contributed by atoms with E-state index >= 15 is 0 Å². The van der Waals surface area contributed by atoms with Crippen molar-refractivity contribution in [3.05, 3.63) is 59.7 Å². The second-order valence-corrected chi connectivity index (χ2v) is 5.43. The molecule has 0 aliphatic heterocycles. The molecule has 0 aromatic heterocycles. The Morgan fingerprint density at radius 3 is 1.96 bits per heavy atom. The molecule has 6 heteroatoms. The van der Waals surface area contributed by atoms with E-state index in [0.717, 1.165) is 12.0 Å². The Balaban J connectivity index is 1.83. The molecule has 0 atom stereocenters. The standard InChI is InChI=1S/C19H20N2O4/c1-3-14-4-6-15(7-5-14)19(24)25-12-18(23)21-17-10-8-16(9-11-17)20-13(2)22/h4-11H,3,12H2,1-2H3,(H,20,22)(H,21,23). The van der Waals surface area contributed by atoms with Crippen LogP contribution in [0.1, 0.15) is 29.8 Å². The average molecular weight is 340 g/mol. The normalized spacial score (nSPS) is 10.0. The first-order valence-electron chi connectivity index (χ1n) is 7.91. The van der Waals surface area contributed by atoms with E-state index in [1.54, 1.807) is 36.4 Å². The second kappa shape index (κ2) is 8.63. The van der Waals surface area contributed by atoms with Crippen molar-refractivity contribution in [1.82, 2.24) is 0 Å². The molecule has 2 N–H and O–H groups in total. The maximum atomic E-state index is 11.9. The number of carbonyl (C=O) groups excluding carboxylic acids is 3. The van der Waals surface area contributed by atoms with E-state index in [1.165, 1.54) is 6.92 Å². The number of ether oxygens (including phenoxy) is 1. The third-order valence-corrected chi connectivity index (χ3v) is 3.42. The average Bonchev–Trinajstić information content (AvgIpc) is 2.61. The molecule has 2 amide bonds. The highest BCUT2D eigenvalue weighted by Crippen LogP contribution is 2.13. The monoisotopic (exact) mass is 340 g/mol. The summed E-state index contributed by atoms with van der Waals surface area (Å²) in [5.41, 5.74) is 2.71. The van der Waals surface area contributed by atoms with E-state index in [0.29, 0.717) is 16.9 Å². The number of anilines is 2. The fourth-order valence-corrected chi connectivity index (χ4v) is 2.13. The van der Waals surface area contributed by atoms with E-state index in [-0.39, 0.29) is 12.5 Å². The molecule has 0 heterocycles. The molecule has 25 heavy (non-hydrogen) atoms. The Morgan fingerprint density at radius 1 is 0.880 bits per heavy atom. The highest BCUT2D eigenvalue weighted by Gasteiger charge is 2.10. The first-order chi connectivity index (χ1) is 12.0. The molecule has 2 aromatic rings. The van der Waals surface area contributed by atoms with Crippen molar-refractivity contribution in [3.8, 4) is 0 Å². The molecule has 0 radical (unpaired) electrons. The summed E-state index contributed by atoms with van der Waals surface area (Å²) in [6.07, 6.45) is 0.887. The predicted molar refractivity (Wildman–Crippen MR) is 95.5 cm³/mol. The number of hydrogen-bond acceptors (Lipinski definition) is 4. The fourth-order valence-electron chi connectivity index (χ4n) is 2.13. The largest absolute Gasteiger partial charge is 0.452 e. The molecule has 0 unspecified atom stereocenters. The van der Waals surface area contributed by atoms with Crippen LogP contribution in [0.25, 0.3) is 0 Å². The van der Waals surface area contributed by atoms with Crippen molar-refractivity contribution in [2.45, 2.75) is 20.3 Å². The smallest absolute Gasteiger partial charge is 0.338 e. The lowest BCUT2D eigenvalue weighted by Gasteiger charge is -2.08. The first-order valence-corrected chi connectivity index (χ1v) is 7.91. The van der Waals surface area contributed by atoms with E-state index in [4.69, 9.17) is 4.74 Å². The maximum Gasteiger partial charge on any atom is 0.338 e. The van der Waals surface area contributed by atoms with Gasteiger partial charge in [-0.15, -0.1) is 0 Å². The van der Waals surface area contributed by atoms with Crippen LogP contribution in [0, 0.1) is 0 Å². The van der Waals surface area contributed by atoms with Gasteiger partial charge >= 0.3 is 5.97 Å². The molecular formula is C19H20N2O4. The lowest BCUT2D eigenvalue weighted by atomic mass is 10.1. The third kappa shape index (κ3) is 5.76. The highest BCUT2D eigenvalue weighted by molar-refractivity contribution is 5.96. The molecule has 0 aliphatic rings. The van der Waals surface area contributed by atoms with Gasteiger partial charge in [-0.05, 0) is 48.4 Å². The summed E-state index contributed by atoms with van der Waals surface area (Å²) in [6, 6.07) is 13.7. The molecule has 0 saturated heterocycles. The number of carbonyl (C=O) groups is 3. The molecule has 0 spiro atoms. The topological polar surface area (TPSA) is 84.5 Å². The zero-order valence-corrected chi connectivity index (χ0v) is 14.2. The van der Waals surface area contributed by atoms with Gasteiger partial charge in [0.05, 0.1) is 5.56 Å². The second-order valence-electron chi connectivity index (χ2n) is 5.43. The van der Waals surface area contributed by atoms with Gasteiger partial charge in [0.25, 0.3) is 5.91 Å². The fraction of sp³-hybridized carbons (Fsp3) is 0.211. The van der Waals surface area contributed by atoms with E-state index in [1.807, 2.05) is 19.1 Å². The van der Waals surface area contributed by atoms with Crippen LogP contribution in [0.2, 0.25) is 0 Å². The molecule has 0 aliphatic carbocycles. The summed E-state index contributed by atoms with van der Waals surface area (Å²) in [4.78, 5) is 34.7. The summed E-state index contributed by atoms with van der Waals surface area (Å²) in [6.45, 7) is 3.07. The van der Waals surface area contributed by atoms with Crippen molar-refractivity contribution in [2.75, 3.05) is 17.2 Å². The van der Waals surface area contributed by atoms with Crippen LogP contribution in [-0.4, -0.2) is 24.4 Å².